The van der Waals surface area contributed by atoms with Crippen molar-refractivity contribution in [3.05, 3.63) is 34.9 Å². The van der Waals surface area contributed by atoms with E-state index in [0.29, 0.717) is 13.0 Å². The van der Waals surface area contributed by atoms with Crippen LogP contribution in [-0.4, -0.2) is 60.1 Å². The third kappa shape index (κ3) is 12.5. The summed E-state index contributed by atoms with van der Waals surface area (Å²) in [5.74, 6) is -1.40. The highest BCUT2D eigenvalue weighted by atomic mass is 16.6. The maximum absolute atomic E-state index is 14.3. The van der Waals surface area contributed by atoms with Crippen molar-refractivity contribution in [1.82, 2.24) is 15.5 Å². The molecule has 232 valence electrons. The number of alkyl carbamates (subject to hydrolysis) is 1. The van der Waals surface area contributed by atoms with Gasteiger partial charge in [0, 0.05) is 13.1 Å². The first-order chi connectivity index (χ1) is 19.2. The highest BCUT2D eigenvalue weighted by Crippen LogP contribution is 2.30. The molecule has 0 bridgehead atoms. The van der Waals surface area contributed by atoms with Crippen molar-refractivity contribution in [3.63, 3.8) is 0 Å². The van der Waals surface area contributed by atoms with E-state index in [1.165, 1.54) is 0 Å². The van der Waals surface area contributed by atoms with Gasteiger partial charge in [0.15, 0.2) is 0 Å². The first-order valence-electron chi connectivity index (χ1n) is 15.0. The molecular weight excluding hydrogens is 522 g/mol. The van der Waals surface area contributed by atoms with Gasteiger partial charge in [0.2, 0.25) is 11.8 Å². The van der Waals surface area contributed by atoms with Gasteiger partial charge in [-0.25, -0.2) is 4.79 Å². The minimum absolute atomic E-state index is 0.0266. The van der Waals surface area contributed by atoms with Gasteiger partial charge in [-0.3, -0.25) is 14.4 Å². The zero-order valence-corrected chi connectivity index (χ0v) is 26.7. The standard InChI is InChI=1S/C32H53N3O6/c1-10-12-13-14-15-21-35(30(38)27(22(3)4)34-31(39)41-32(7,8)9)28(26-23(5)17-16-18-24(26)6)29(37)33-20-19-25(36)40-11-2/h16-18,22,27-28H,10-15,19-21H2,1-9H3,(H,33,37)(H,34,39). The van der Waals surface area contributed by atoms with Gasteiger partial charge in [0.05, 0.1) is 13.0 Å². The van der Waals surface area contributed by atoms with E-state index in [1.807, 2.05) is 45.9 Å². The van der Waals surface area contributed by atoms with Crippen molar-refractivity contribution in [2.75, 3.05) is 19.7 Å². The van der Waals surface area contributed by atoms with Gasteiger partial charge >= 0.3 is 12.1 Å². The Morgan fingerprint density at radius 1 is 0.951 bits per heavy atom. The molecule has 0 aliphatic carbocycles. The number of hydrogen-bond acceptors (Lipinski definition) is 6. The lowest BCUT2D eigenvalue weighted by Gasteiger charge is -2.36. The summed E-state index contributed by atoms with van der Waals surface area (Å²) < 4.78 is 10.5. The maximum atomic E-state index is 14.3. The first-order valence-corrected chi connectivity index (χ1v) is 15.0. The summed E-state index contributed by atoms with van der Waals surface area (Å²) in [6.45, 7) is 17.4. The molecule has 0 saturated carbocycles. The third-order valence-corrected chi connectivity index (χ3v) is 6.70. The molecule has 1 rings (SSSR count). The lowest BCUT2D eigenvalue weighted by Crippen LogP contribution is -2.55. The molecular formula is C32H53N3O6. The number of benzene rings is 1. The monoisotopic (exact) mass is 575 g/mol. The molecule has 0 aliphatic rings. The third-order valence-electron chi connectivity index (χ3n) is 6.70. The summed E-state index contributed by atoms with van der Waals surface area (Å²) in [4.78, 5) is 54.5. The molecule has 9 nitrogen and oxygen atoms in total. The number of carbonyl (C=O) groups excluding carboxylic acids is 4. The van der Waals surface area contributed by atoms with Crippen LogP contribution in [0.4, 0.5) is 4.79 Å². The van der Waals surface area contributed by atoms with Gasteiger partial charge in [0.25, 0.3) is 0 Å². The van der Waals surface area contributed by atoms with E-state index in [0.717, 1.165) is 42.4 Å². The molecule has 2 atom stereocenters. The fraction of sp³-hybridized carbons (Fsp3) is 0.688. The van der Waals surface area contributed by atoms with Gasteiger partial charge in [-0.15, -0.1) is 0 Å². The topological polar surface area (TPSA) is 114 Å². The molecule has 2 N–H and O–H groups in total. The van der Waals surface area contributed by atoms with Crippen LogP contribution in [0.15, 0.2) is 18.2 Å². The number of nitrogens with zero attached hydrogens (tertiary/aromatic N) is 1. The van der Waals surface area contributed by atoms with Crippen LogP contribution in [0.1, 0.15) is 110 Å². The Labute approximate surface area is 247 Å². The lowest BCUT2D eigenvalue weighted by molar-refractivity contribution is -0.145. The quantitative estimate of drug-likeness (QED) is 0.191. The summed E-state index contributed by atoms with van der Waals surface area (Å²) in [7, 11) is 0. The highest BCUT2D eigenvalue weighted by Gasteiger charge is 2.38. The van der Waals surface area contributed by atoms with Crippen LogP contribution in [0, 0.1) is 19.8 Å². The van der Waals surface area contributed by atoms with Gasteiger partial charge < -0.3 is 25.0 Å². The second-order valence-electron chi connectivity index (χ2n) is 11.9. The summed E-state index contributed by atoms with van der Waals surface area (Å²) in [5, 5.41) is 5.63. The number of rotatable bonds is 16. The van der Waals surface area contributed by atoms with Crippen LogP contribution in [0.3, 0.4) is 0 Å². The van der Waals surface area contributed by atoms with Crippen molar-refractivity contribution in [1.29, 1.82) is 0 Å². The molecule has 9 heteroatoms. The second kappa shape index (κ2) is 17.7. The predicted molar refractivity (Wildman–Crippen MR) is 161 cm³/mol. The number of ether oxygens (including phenoxy) is 2. The molecule has 0 aliphatic heterocycles. The zero-order chi connectivity index (χ0) is 31.2. The maximum Gasteiger partial charge on any atom is 0.408 e. The van der Waals surface area contributed by atoms with Crippen molar-refractivity contribution in [2.24, 2.45) is 5.92 Å². The van der Waals surface area contributed by atoms with Crippen molar-refractivity contribution in [3.8, 4) is 0 Å². The Hall–Kier alpha value is -3.10. The van der Waals surface area contributed by atoms with Gasteiger partial charge in [0.1, 0.15) is 17.7 Å². The molecule has 2 unspecified atom stereocenters. The molecule has 41 heavy (non-hydrogen) atoms. The molecule has 0 heterocycles. The molecule has 0 aromatic heterocycles. The van der Waals surface area contributed by atoms with Crippen LogP contribution in [0.2, 0.25) is 0 Å². The molecule has 1 aromatic carbocycles. The highest BCUT2D eigenvalue weighted by molar-refractivity contribution is 5.92. The summed E-state index contributed by atoms with van der Waals surface area (Å²) in [6, 6.07) is 3.91. The Morgan fingerprint density at radius 2 is 1.56 bits per heavy atom. The number of aryl methyl sites for hydroxylation is 2. The predicted octanol–water partition coefficient (Wildman–Crippen LogP) is 5.76. The number of amides is 3. The lowest BCUT2D eigenvalue weighted by atomic mass is 9.92. The average Bonchev–Trinajstić information content (AvgIpc) is 2.86. The van der Waals surface area contributed by atoms with E-state index in [-0.39, 0.29) is 37.3 Å². The molecule has 0 spiro atoms. The van der Waals surface area contributed by atoms with E-state index in [9.17, 15) is 19.2 Å². The van der Waals surface area contributed by atoms with E-state index in [1.54, 1.807) is 32.6 Å². The van der Waals surface area contributed by atoms with Gasteiger partial charge in [-0.1, -0.05) is 64.7 Å². The van der Waals surface area contributed by atoms with E-state index >= 15 is 0 Å². The van der Waals surface area contributed by atoms with Gasteiger partial charge in [-0.2, -0.15) is 0 Å². The van der Waals surface area contributed by atoms with Crippen molar-refractivity contribution in [2.45, 2.75) is 119 Å². The number of carbonyl (C=O) groups is 4. The summed E-state index contributed by atoms with van der Waals surface area (Å²) >= 11 is 0. The van der Waals surface area contributed by atoms with Crippen molar-refractivity contribution >= 4 is 23.9 Å². The fourth-order valence-corrected chi connectivity index (χ4v) is 4.68. The zero-order valence-electron chi connectivity index (χ0n) is 26.7. The minimum Gasteiger partial charge on any atom is -0.466 e. The molecule has 0 fully saturated rings. The summed E-state index contributed by atoms with van der Waals surface area (Å²) in [6.07, 6.45) is 4.17. The Morgan fingerprint density at radius 3 is 2.10 bits per heavy atom. The van der Waals surface area contributed by atoms with Gasteiger partial charge in [-0.05, 0) is 70.6 Å². The Bertz CT molecular complexity index is 981. The number of hydrogen-bond donors (Lipinski definition) is 2. The Kier molecular flexibility index (Phi) is 15.5. The van der Waals surface area contributed by atoms with Crippen LogP contribution in [0.25, 0.3) is 0 Å². The normalized spacial score (nSPS) is 12.8. The van der Waals surface area contributed by atoms with Crippen LogP contribution >= 0.6 is 0 Å². The smallest absolute Gasteiger partial charge is 0.408 e. The van der Waals surface area contributed by atoms with Crippen LogP contribution in [0.5, 0.6) is 0 Å². The summed E-state index contributed by atoms with van der Waals surface area (Å²) in [5.41, 5.74) is 1.76. The largest absolute Gasteiger partial charge is 0.466 e. The van der Waals surface area contributed by atoms with Crippen molar-refractivity contribution < 1.29 is 28.7 Å². The first kappa shape index (κ1) is 35.9. The van der Waals surface area contributed by atoms with E-state index < -0.39 is 29.7 Å². The molecule has 3 amide bonds. The van der Waals surface area contributed by atoms with E-state index in [4.69, 9.17) is 9.47 Å². The van der Waals surface area contributed by atoms with E-state index in [2.05, 4.69) is 17.6 Å². The second-order valence-corrected chi connectivity index (χ2v) is 11.9. The Balaban J connectivity index is 3.51. The SMILES string of the molecule is CCCCCCCN(C(=O)C(NC(=O)OC(C)(C)C)C(C)C)C(C(=O)NCCC(=O)OCC)c1c(C)cccc1C. The minimum atomic E-state index is -0.946. The number of nitrogens with one attached hydrogen (secondary N) is 2. The molecule has 1 aromatic rings. The molecule has 0 saturated heterocycles. The number of unbranched alkanes of at least 4 members (excludes halogenated alkanes) is 4. The molecule has 0 radical (unpaired) electrons. The van der Waals surface area contributed by atoms with Crippen LogP contribution < -0.4 is 10.6 Å². The average molecular weight is 576 g/mol. The van der Waals surface area contributed by atoms with Crippen LogP contribution in [-0.2, 0) is 23.9 Å². The number of esters is 1. The fourth-order valence-electron chi connectivity index (χ4n) is 4.68.